The molecule has 0 radical (unpaired) electrons. The second kappa shape index (κ2) is 6.81. The van der Waals surface area contributed by atoms with Crippen molar-refractivity contribution in [2.45, 2.75) is 29.5 Å². The van der Waals surface area contributed by atoms with Gasteiger partial charge in [-0.25, -0.2) is 4.39 Å². The van der Waals surface area contributed by atoms with Crippen LogP contribution < -0.4 is 5.32 Å². The number of benzene rings is 1. The number of thioether (sulfide) groups is 1. The highest BCUT2D eigenvalue weighted by atomic mass is 32.2. The number of nitrogens with zero attached hydrogens (tertiary/aromatic N) is 2. The number of nitrogens with one attached hydrogen (secondary N) is 1. The zero-order valence-corrected chi connectivity index (χ0v) is 12.7. The summed E-state index contributed by atoms with van der Waals surface area (Å²) in [4.78, 5) is 12.1. The van der Waals surface area contributed by atoms with Crippen molar-refractivity contribution in [2.24, 2.45) is 0 Å². The van der Waals surface area contributed by atoms with E-state index in [4.69, 9.17) is 0 Å². The van der Waals surface area contributed by atoms with Gasteiger partial charge in [0.25, 0.3) is 0 Å². The summed E-state index contributed by atoms with van der Waals surface area (Å²) >= 11 is 2.78. The Balaban J connectivity index is 1.91. The molecule has 0 aliphatic rings. The Morgan fingerprint density at radius 2 is 2.05 bits per heavy atom. The third-order valence-electron chi connectivity index (χ3n) is 2.72. The predicted molar refractivity (Wildman–Crippen MR) is 78.2 cm³/mol. The summed E-state index contributed by atoms with van der Waals surface area (Å²) in [5.74, 6) is -0.366. The molecule has 0 spiro atoms. The molecule has 0 aliphatic carbocycles. The molecule has 0 saturated carbocycles. The zero-order chi connectivity index (χ0) is 14.5. The number of halogens is 1. The third-order valence-corrected chi connectivity index (χ3v) is 4.63. The van der Waals surface area contributed by atoms with Gasteiger partial charge in [-0.05, 0) is 31.5 Å². The molecule has 2 atom stereocenters. The van der Waals surface area contributed by atoms with E-state index in [-0.39, 0.29) is 23.0 Å². The van der Waals surface area contributed by atoms with Crippen LogP contribution in [0.15, 0.2) is 34.1 Å². The number of carbonyl (C=O) groups excluding carboxylic acids is 1. The molecule has 1 N–H and O–H groups in total. The Hall–Kier alpha value is -1.47. The van der Waals surface area contributed by atoms with Gasteiger partial charge in [0.05, 0.1) is 11.3 Å². The Bertz CT molecular complexity index is 560. The molecule has 2 rings (SSSR count). The number of carbonyl (C=O) groups is 1. The van der Waals surface area contributed by atoms with Crippen molar-refractivity contribution in [1.29, 1.82) is 0 Å². The highest BCUT2D eigenvalue weighted by Gasteiger charge is 2.18. The summed E-state index contributed by atoms with van der Waals surface area (Å²) in [5, 5.41) is 10.3. The van der Waals surface area contributed by atoms with E-state index in [0.717, 1.165) is 9.90 Å². The van der Waals surface area contributed by atoms with Crippen LogP contribution in [0.3, 0.4) is 0 Å². The van der Waals surface area contributed by atoms with E-state index >= 15 is 0 Å². The molecule has 0 bridgehead atoms. The first-order chi connectivity index (χ1) is 9.56. The Kier molecular flexibility index (Phi) is 5.08. The lowest BCUT2D eigenvalue weighted by atomic mass is 10.1. The number of hydrogen-bond donors (Lipinski definition) is 1. The smallest absolute Gasteiger partial charge is 0.233 e. The Labute approximate surface area is 124 Å². The van der Waals surface area contributed by atoms with Crippen LogP contribution >= 0.6 is 23.1 Å². The van der Waals surface area contributed by atoms with E-state index in [1.54, 1.807) is 17.6 Å². The van der Waals surface area contributed by atoms with E-state index in [1.807, 2.05) is 13.8 Å². The maximum absolute atomic E-state index is 12.9. The fourth-order valence-corrected chi connectivity index (χ4v) is 3.22. The standard InChI is InChI=1S/C13H14FN3OS2/c1-8(10-3-5-11(14)6-4-10)16-12(18)9(2)20-13-17-15-7-19-13/h3-9H,1-2H3,(H,16,18)/t8-,9+/m1/s1. The number of rotatable bonds is 5. The second-order valence-electron chi connectivity index (χ2n) is 4.25. The van der Waals surface area contributed by atoms with Crippen LogP contribution in [0.25, 0.3) is 0 Å². The van der Waals surface area contributed by atoms with Gasteiger partial charge in [0.2, 0.25) is 5.91 Å². The number of hydrogen-bond acceptors (Lipinski definition) is 5. The highest BCUT2D eigenvalue weighted by Crippen LogP contribution is 2.24. The summed E-state index contributed by atoms with van der Waals surface area (Å²) in [6.45, 7) is 3.69. The fraction of sp³-hybridized carbons (Fsp3) is 0.308. The summed E-state index contributed by atoms with van der Waals surface area (Å²) in [6.07, 6.45) is 0. The van der Waals surface area contributed by atoms with Gasteiger partial charge in [-0.3, -0.25) is 4.79 Å². The summed E-state index contributed by atoms with van der Waals surface area (Å²) in [5.41, 5.74) is 2.50. The monoisotopic (exact) mass is 311 g/mol. The lowest BCUT2D eigenvalue weighted by molar-refractivity contribution is -0.120. The molecule has 1 heterocycles. The van der Waals surface area contributed by atoms with Gasteiger partial charge in [-0.15, -0.1) is 10.2 Å². The molecule has 0 aliphatic heterocycles. The molecule has 0 fully saturated rings. The van der Waals surface area contributed by atoms with Crippen LogP contribution in [-0.2, 0) is 4.79 Å². The first-order valence-corrected chi connectivity index (χ1v) is 7.81. The lowest BCUT2D eigenvalue weighted by Crippen LogP contribution is -2.33. The third kappa shape index (κ3) is 4.01. The largest absolute Gasteiger partial charge is 0.349 e. The van der Waals surface area contributed by atoms with Crippen molar-refractivity contribution < 1.29 is 9.18 Å². The fourth-order valence-electron chi connectivity index (χ4n) is 1.58. The van der Waals surface area contributed by atoms with Gasteiger partial charge >= 0.3 is 0 Å². The minimum atomic E-state index is -0.285. The molecule has 0 unspecified atom stereocenters. The van der Waals surface area contributed by atoms with Crippen LogP contribution in [0, 0.1) is 5.82 Å². The zero-order valence-electron chi connectivity index (χ0n) is 11.0. The molecular weight excluding hydrogens is 297 g/mol. The van der Waals surface area contributed by atoms with Gasteiger partial charge < -0.3 is 5.32 Å². The predicted octanol–water partition coefficient (Wildman–Crippen LogP) is 3.04. The van der Waals surface area contributed by atoms with Crippen molar-refractivity contribution in [2.75, 3.05) is 0 Å². The molecule has 1 aromatic heterocycles. The molecule has 1 aromatic carbocycles. The van der Waals surface area contributed by atoms with Crippen molar-refractivity contribution in [3.8, 4) is 0 Å². The maximum Gasteiger partial charge on any atom is 0.233 e. The molecule has 4 nitrogen and oxygen atoms in total. The van der Waals surface area contributed by atoms with Gasteiger partial charge in [0, 0.05) is 0 Å². The van der Waals surface area contributed by atoms with Gasteiger partial charge in [-0.2, -0.15) is 0 Å². The average molecular weight is 311 g/mol. The van der Waals surface area contributed by atoms with Crippen LogP contribution in [0.1, 0.15) is 25.5 Å². The van der Waals surface area contributed by atoms with E-state index in [2.05, 4.69) is 15.5 Å². The lowest BCUT2D eigenvalue weighted by Gasteiger charge is -2.17. The van der Waals surface area contributed by atoms with Crippen molar-refractivity contribution in [3.63, 3.8) is 0 Å². The topological polar surface area (TPSA) is 54.9 Å². The van der Waals surface area contributed by atoms with Crippen molar-refractivity contribution in [1.82, 2.24) is 15.5 Å². The first-order valence-electron chi connectivity index (χ1n) is 6.05. The minimum absolute atomic E-state index is 0.0815. The van der Waals surface area contributed by atoms with E-state index in [1.165, 1.54) is 35.2 Å². The Morgan fingerprint density at radius 1 is 1.35 bits per heavy atom. The van der Waals surface area contributed by atoms with Crippen LogP contribution in [-0.4, -0.2) is 21.4 Å². The molecular formula is C13H14FN3OS2. The second-order valence-corrected chi connectivity index (χ2v) is 6.67. The van der Waals surface area contributed by atoms with Crippen molar-refractivity contribution in [3.05, 3.63) is 41.2 Å². The highest BCUT2D eigenvalue weighted by molar-refractivity contribution is 8.02. The molecule has 0 saturated heterocycles. The number of amides is 1. The van der Waals surface area contributed by atoms with E-state index < -0.39 is 0 Å². The van der Waals surface area contributed by atoms with E-state index in [9.17, 15) is 9.18 Å². The number of aromatic nitrogens is 2. The first kappa shape index (κ1) is 14.9. The molecule has 7 heteroatoms. The van der Waals surface area contributed by atoms with Gasteiger partial charge in [-0.1, -0.05) is 35.2 Å². The van der Waals surface area contributed by atoms with Crippen molar-refractivity contribution >= 4 is 29.0 Å². The molecule has 20 heavy (non-hydrogen) atoms. The Morgan fingerprint density at radius 3 is 2.65 bits per heavy atom. The normalized spacial score (nSPS) is 13.8. The molecule has 1 amide bonds. The van der Waals surface area contributed by atoms with Crippen LogP contribution in [0.5, 0.6) is 0 Å². The SMILES string of the molecule is C[C@H](Sc1nncs1)C(=O)N[C@H](C)c1ccc(F)cc1. The maximum atomic E-state index is 12.9. The van der Waals surface area contributed by atoms with E-state index in [0.29, 0.717) is 0 Å². The van der Waals surface area contributed by atoms with Gasteiger partial charge in [0.15, 0.2) is 4.34 Å². The summed E-state index contributed by atoms with van der Waals surface area (Å²) in [7, 11) is 0. The van der Waals surface area contributed by atoms with Gasteiger partial charge in [0.1, 0.15) is 11.3 Å². The summed E-state index contributed by atoms with van der Waals surface area (Å²) < 4.78 is 13.6. The summed E-state index contributed by atoms with van der Waals surface area (Å²) in [6, 6.07) is 5.95. The molecule has 2 aromatic rings. The molecule has 106 valence electrons. The van der Waals surface area contributed by atoms with Crippen LogP contribution in [0.4, 0.5) is 4.39 Å². The van der Waals surface area contributed by atoms with Crippen LogP contribution in [0.2, 0.25) is 0 Å². The quantitative estimate of drug-likeness (QED) is 0.862. The average Bonchev–Trinajstić information content (AvgIpc) is 2.92. The minimum Gasteiger partial charge on any atom is -0.349 e.